The number of hydrogen-bond acceptors (Lipinski definition) is 4. The van der Waals surface area contributed by atoms with Gasteiger partial charge in [-0.2, -0.15) is 0 Å². The lowest BCUT2D eigenvalue weighted by Gasteiger charge is -2.34. The van der Waals surface area contributed by atoms with Crippen molar-refractivity contribution in [2.45, 2.75) is 65.1 Å². The van der Waals surface area contributed by atoms with Crippen LogP contribution in [0, 0.1) is 32.6 Å². The number of carbonyl (C=O) groups is 1. The van der Waals surface area contributed by atoms with Gasteiger partial charge in [-0.1, -0.05) is 38.5 Å². The number of aryl methyl sites for hydroxylation is 2. The van der Waals surface area contributed by atoms with Crippen LogP contribution in [-0.2, 0) is 4.79 Å². The number of aromatic nitrogens is 2. The molecule has 122 valence electrons. The smallest absolute Gasteiger partial charge is 0.230 e. The molecule has 0 saturated heterocycles. The van der Waals surface area contributed by atoms with Gasteiger partial charge in [-0.3, -0.25) is 4.79 Å². The highest BCUT2D eigenvalue weighted by Gasteiger charge is 2.28. The molecule has 1 aliphatic carbocycles. The molecule has 3 atom stereocenters. The van der Waals surface area contributed by atoms with Gasteiger partial charge in [-0.25, -0.2) is 9.97 Å². The van der Waals surface area contributed by atoms with Crippen LogP contribution in [-0.4, -0.2) is 27.7 Å². The number of thioether (sulfide) groups is 1. The molecule has 1 heterocycles. The zero-order chi connectivity index (χ0) is 16.3. The molecule has 0 aliphatic heterocycles. The molecular weight excluding hydrogens is 294 g/mol. The number of nitrogens with one attached hydrogen (secondary N) is 1. The first-order chi connectivity index (χ1) is 10.4. The van der Waals surface area contributed by atoms with Crippen molar-refractivity contribution in [2.24, 2.45) is 11.8 Å². The maximum Gasteiger partial charge on any atom is 0.230 e. The van der Waals surface area contributed by atoms with E-state index in [-0.39, 0.29) is 5.91 Å². The molecule has 1 aromatic heterocycles. The molecule has 0 radical (unpaired) electrons. The maximum absolute atomic E-state index is 12.2. The monoisotopic (exact) mass is 321 g/mol. The number of hydrogen-bond donors (Lipinski definition) is 1. The van der Waals surface area contributed by atoms with Gasteiger partial charge in [0.25, 0.3) is 0 Å². The Bertz CT molecular complexity index is 524. The fourth-order valence-electron chi connectivity index (χ4n) is 2.97. The van der Waals surface area contributed by atoms with E-state index in [9.17, 15) is 4.79 Å². The summed E-state index contributed by atoms with van der Waals surface area (Å²) >= 11 is 1.42. The maximum atomic E-state index is 12.2. The first kappa shape index (κ1) is 17.3. The van der Waals surface area contributed by atoms with E-state index in [0.29, 0.717) is 28.8 Å². The number of nitrogens with zero attached hydrogens (tertiary/aromatic N) is 2. The normalized spacial score (nSPS) is 25.0. The molecule has 5 heteroatoms. The summed E-state index contributed by atoms with van der Waals surface area (Å²) in [5.74, 6) is 1.73. The van der Waals surface area contributed by atoms with E-state index in [1.165, 1.54) is 24.6 Å². The molecule has 0 aromatic carbocycles. The Hall–Kier alpha value is -1.10. The number of rotatable bonds is 4. The molecule has 0 unspecified atom stereocenters. The van der Waals surface area contributed by atoms with Crippen LogP contribution in [0.25, 0.3) is 0 Å². The highest BCUT2D eigenvalue weighted by Crippen LogP contribution is 2.29. The predicted molar refractivity (Wildman–Crippen MR) is 91.1 cm³/mol. The SMILES string of the molecule is Cc1nc(SCC(=O)N[C@@H]2CCC[C@H](C)[C@@H]2C)nc(C)c1C. The molecule has 1 aromatic rings. The lowest BCUT2D eigenvalue weighted by molar-refractivity contribution is -0.120. The Kier molecular flexibility index (Phi) is 5.84. The topological polar surface area (TPSA) is 54.9 Å². The largest absolute Gasteiger partial charge is 0.352 e. The van der Waals surface area contributed by atoms with E-state index in [0.717, 1.165) is 23.4 Å². The lowest BCUT2D eigenvalue weighted by atomic mass is 9.78. The van der Waals surface area contributed by atoms with Crippen LogP contribution in [0.5, 0.6) is 0 Å². The first-order valence-corrected chi connectivity index (χ1v) is 9.11. The Morgan fingerprint density at radius 3 is 2.45 bits per heavy atom. The summed E-state index contributed by atoms with van der Waals surface area (Å²) in [6.45, 7) is 10.5. The van der Waals surface area contributed by atoms with Crippen LogP contribution in [0.15, 0.2) is 5.16 Å². The Balaban J connectivity index is 1.88. The highest BCUT2D eigenvalue weighted by atomic mass is 32.2. The third kappa shape index (κ3) is 4.22. The molecule has 1 amide bonds. The quantitative estimate of drug-likeness (QED) is 0.682. The van der Waals surface area contributed by atoms with Crippen molar-refractivity contribution >= 4 is 17.7 Å². The van der Waals surface area contributed by atoms with Crippen LogP contribution in [0.1, 0.15) is 50.1 Å². The zero-order valence-corrected chi connectivity index (χ0v) is 15.1. The molecular formula is C17H27N3OS. The van der Waals surface area contributed by atoms with Crippen LogP contribution in [0.3, 0.4) is 0 Å². The Morgan fingerprint density at radius 2 is 1.82 bits per heavy atom. The van der Waals surface area contributed by atoms with Gasteiger partial charge in [0.15, 0.2) is 5.16 Å². The van der Waals surface area contributed by atoms with Crippen molar-refractivity contribution in [1.82, 2.24) is 15.3 Å². The van der Waals surface area contributed by atoms with E-state index in [1.54, 1.807) is 0 Å². The van der Waals surface area contributed by atoms with Crippen molar-refractivity contribution in [3.05, 3.63) is 17.0 Å². The lowest BCUT2D eigenvalue weighted by Crippen LogP contribution is -2.44. The number of carbonyl (C=O) groups excluding carboxylic acids is 1. The average molecular weight is 321 g/mol. The van der Waals surface area contributed by atoms with Gasteiger partial charge in [-0.15, -0.1) is 0 Å². The molecule has 0 bridgehead atoms. The van der Waals surface area contributed by atoms with Crippen LogP contribution < -0.4 is 5.32 Å². The second-order valence-corrected chi connectivity index (χ2v) is 7.47. The summed E-state index contributed by atoms with van der Waals surface area (Å²) < 4.78 is 0. The van der Waals surface area contributed by atoms with Gasteiger partial charge < -0.3 is 5.32 Å². The molecule has 2 rings (SSSR count). The van der Waals surface area contributed by atoms with Gasteiger partial charge >= 0.3 is 0 Å². The van der Waals surface area contributed by atoms with Gasteiger partial charge in [0.05, 0.1) is 5.75 Å². The average Bonchev–Trinajstić information content (AvgIpc) is 2.47. The molecule has 1 N–H and O–H groups in total. The summed E-state index contributed by atoms with van der Waals surface area (Å²) in [5, 5.41) is 3.89. The van der Waals surface area contributed by atoms with E-state index in [2.05, 4.69) is 29.1 Å². The van der Waals surface area contributed by atoms with E-state index in [1.807, 2.05) is 20.8 Å². The summed E-state index contributed by atoms with van der Waals surface area (Å²) in [4.78, 5) is 21.1. The van der Waals surface area contributed by atoms with E-state index >= 15 is 0 Å². The minimum Gasteiger partial charge on any atom is -0.352 e. The minimum atomic E-state index is 0.0930. The van der Waals surface area contributed by atoms with Crippen molar-refractivity contribution in [3.63, 3.8) is 0 Å². The molecule has 1 aliphatic rings. The third-order valence-corrected chi connectivity index (χ3v) is 5.84. The molecule has 22 heavy (non-hydrogen) atoms. The fraction of sp³-hybridized carbons (Fsp3) is 0.706. The standard InChI is InChI=1S/C17H27N3OS/c1-10-7-6-8-15(11(10)2)20-16(21)9-22-17-18-13(4)12(3)14(5)19-17/h10-11,15H,6-9H2,1-5H3,(H,20,21)/t10-,11-,15+/m0/s1. The second-order valence-electron chi connectivity index (χ2n) is 6.53. The third-order valence-electron chi connectivity index (χ3n) is 5.00. The fourth-order valence-corrected chi connectivity index (χ4v) is 3.72. The van der Waals surface area contributed by atoms with E-state index in [4.69, 9.17) is 0 Å². The predicted octanol–water partition coefficient (Wildman–Crippen LogP) is 3.43. The minimum absolute atomic E-state index is 0.0930. The molecule has 4 nitrogen and oxygen atoms in total. The van der Waals surface area contributed by atoms with Crippen LogP contribution >= 0.6 is 11.8 Å². The summed E-state index contributed by atoms with van der Waals surface area (Å²) in [7, 11) is 0. The van der Waals surface area contributed by atoms with Crippen molar-refractivity contribution in [2.75, 3.05) is 5.75 Å². The Labute approximate surface area is 137 Å². The van der Waals surface area contributed by atoms with Crippen LogP contribution in [0.4, 0.5) is 0 Å². The van der Waals surface area contributed by atoms with Gasteiger partial charge in [0.2, 0.25) is 5.91 Å². The van der Waals surface area contributed by atoms with E-state index < -0.39 is 0 Å². The van der Waals surface area contributed by atoms with Crippen molar-refractivity contribution in [1.29, 1.82) is 0 Å². The summed E-state index contributed by atoms with van der Waals surface area (Å²) in [6, 6.07) is 0.319. The molecule has 1 saturated carbocycles. The molecule has 1 fully saturated rings. The highest BCUT2D eigenvalue weighted by molar-refractivity contribution is 7.99. The van der Waals surface area contributed by atoms with Gasteiger partial charge in [0, 0.05) is 17.4 Å². The summed E-state index contributed by atoms with van der Waals surface area (Å²) in [6.07, 6.45) is 3.59. The van der Waals surface area contributed by atoms with Crippen molar-refractivity contribution in [3.8, 4) is 0 Å². The number of amides is 1. The summed E-state index contributed by atoms with van der Waals surface area (Å²) in [5.41, 5.74) is 3.11. The Morgan fingerprint density at radius 1 is 1.18 bits per heavy atom. The van der Waals surface area contributed by atoms with Gasteiger partial charge in [0.1, 0.15) is 0 Å². The molecule has 0 spiro atoms. The second kappa shape index (κ2) is 7.44. The first-order valence-electron chi connectivity index (χ1n) is 8.12. The van der Waals surface area contributed by atoms with Crippen LogP contribution in [0.2, 0.25) is 0 Å². The van der Waals surface area contributed by atoms with Gasteiger partial charge in [-0.05, 0) is 44.6 Å². The zero-order valence-electron chi connectivity index (χ0n) is 14.3. The van der Waals surface area contributed by atoms with Crippen molar-refractivity contribution < 1.29 is 4.79 Å².